The molecule has 0 aliphatic heterocycles. The monoisotopic (exact) mass is 449 g/mol. The van der Waals surface area contributed by atoms with Crippen molar-refractivity contribution in [3.63, 3.8) is 0 Å². The highest BCUT2D eigenvalue weighted by Gasteiger charge is 2.15. The number of benzene rings is 3. The Bertz CT molecular complexity index is 1140. The molecule has 1 atom stereocenters. The summed E-state index contributed by atoms with van der Waals surface area (Å²) in [5.41, 5.74) is 10.5. The second-order valence-electron chi connectivity index (χ2n) is 7.63. The van der Waals surface area contributed by atoms with Crippen molar-refractivity contribution in [1.29, 1.82) is 0 Å². The number of nitrogens with two attached hydrogens (primary N) is 1. The van der Waals surface area contributed by atoms with Crippen molar-refractivity contribution in [1.82, 2.24) is 10.3 Å². The van der Waals surface area contributed by atoms with E-state index in [4.69, 9.17) is 10.5 Å². The van der Waals surface area contributed by atoms with Crippen molar-refractivity contribution >= 4 is 29.2 Å². The Hall–Kier alpha value is -3.28. The molecule has 0 unspecified atom stereocenters. The standard InChI is InChI=1S/C26H27N3O2.ClH/c27-24(16-21-17-29-25-12-5-4-11-23(21)25)26(30)28-14-13-19-9-6-10-22(15-19)31-18-20-7-2-1-3-8-20;/h1-12,15,17,24,29H,13-14,16,18,27H2,(H,28,30);1H/t24-;/m0./s1. The van der Waals surface area contributed by atoms with E-state index < -0.39 is 6.04 Å². The fourth-order valence-corrected chi connectivity index (χ4v) is 3.62. The van der Waals surface area contributed by atoms with Crippen LogP contribution in [0.4, 0.5) is 0 Å². The highest BCUT2D eigenvalue weighted by atomic mass is 35.5. The van der Waals surface area contributed by atoms with Crippen LogP contribution in [0, 0.1) is 0 Å². The molecule has 0 radical (unpaired) electrons. The molecule has 0 fully saturated rings. The third-order valence-electron chi connectivity index (χ3n) is 5.31. The minimum absolute atomic E-state index is 0. The van der Waals surface area contributed by atoms with Gasteiger partial charge in [0.05, 0.1) is 6.04 Å². The summed E-state index contributed by atoms with van der Waals surface area (Å²) in [5.74, 6) is 0.686. The number of nitrogens with one attached hydrogen (secondary N) is 2. The first-order valence-electron chi connectivity index (χ1n) is 10.5. The van der Waals surface area contributed by atoms with Crippen molar-refractivity contribution in [2.24, 2.45) is 5.73 Å². The molecule has 0 aliphatic carbocycles. The Balaban J connectivity index is 0.00000289. The van der Waals surface area contributed by atoms with E-state index in [1.807, 2.05) is 85.1 Å². The molecule has 1 heterocycles. The smallest absolute Gasteiger partial charge is 0.237 e. The quantitative estimate of drug-likeness (QED) is 0.354. The van der Waals surface area contributed by atoms with Gasteiger partial charge in [-0.1, -0.05) is 60.7 Å². The molecule has 32 heavy (non-hydrogen) atoms. The van der Waals surface area contributed by atoms with Crippen molar-refractivity contribution in [3.05, 3.63) is 102 Å². The van der Waals surface area contributed by atoms with Crippen LogP contribution in [0.25, 0.3) is 10.9 Å². The molecule has 0 spiro atoms. The number of halogens is 1. The summed E-state index contributed by atoms with van der Waals surface area (Å²) in [6.45, 7) is 1.06. The van der Waals surface area contributed by atoms with Crippen LogP contribution in [0.1, 0.15) is 16.7 Å². The molecule has 0 bridgehead atoms. The fraction of sp³-hybridized carbons (Fsp3) is 0.192. The zero-order valence-electron chi connectivity index (χ0n) is 17.8. The van der Waals surface area contributed by atoms with E-state index in [9.17, 15) is 4.79 Å². The lowest BCUT2D eigenvalue weighted by molar-refractivity contribution is -0.122. The molecule has 0 saturated heterocycles. The molecule has 0 saturated carbocycles. The molecule has 1 aromatic heterocycles. The summed E-state index contributed by atoms with van der Waals surface area (Å²) in [4.78, 5) is 15.7. The van der Waals surface area contributed by atoms with Gasteiger partial charge in [0.15, 0.2) is 0 Å². The predicted molar refractivity (Wildman–Crippen MR) is 131 cm³/mol. The maximum Gasteiger partial charge on any atom is 0.237 e. The summed E-state index contributed by atoms with van der Waals surface area (Å²) in [7, 11) is 0. The van der Waals surface area contributed by atoms with Gasteiger partial charge in [0.2, 0.25) is 5.91 Å². The van der Waals surface area contributed by atoms with E-state index >= 15 is 0 Å². The maximum atomic E-state index is 12.5. The average molecular weight is 450 g/mol. The van der Waals surface area contributed by atoms with Gasteiger partial charge in [0, 0.05) is 23.6 Å². The first-order chi connectivity index (χ1) is 15.2. The molecular formula is C26H28ClN3O2. The van der Waals surface area contributed by atoms with Gasteiger partial charge in [-0.15, -0.1) is 12.4 Å². The molecule has 166 valence electrons. The zero-order chi connectivity index (χ0) is 21.5. The van der Waals surface area contributed by atoms with Crippen LogP contribution in [-0.2, 0) is 24.2 Å². The average Bonchev–Trinajstić information content (AvgIpc) is 3.21. The van der Waals surface area contributed by atoms with Crippen molar-refractivity contribution in [3.8, 4) is 5.75 Å². The van der Waals surface area contributed by atoms with E-state index in [2.05, 4.69) is 10.3 Å². The SMILES string of the molecule is Cl.N[C@@H](Cc1c[nH]c2ccccc12)C(=O)NCCc1cccc(OCc2ccccc2)c1. The third-order valence-corrected chi connectivity index (χ3v) is 5.31. The molecule has 0 aliphatic rings. The third kappa shape index (κ3) is 6.13. The molecule has 1 amide bonds. The van der Waals surface area contributed by atoms with Gasteiger partial charge in [0.25, 0.3) is 0 Å². The number of ether oxygens (including phenoxy) is 1. The van der Waals surface area contributed by atoms with E-state index in [0.29, 0.717) is 26.0 Å². The summed E-state index contributed by atoms with van der Waals surface area (Å²) in [6, 6.07) is 25.5. The summed E-state index contributed by atoms with van der Waals surface area (Å²) in [5, 5.41) is 4.06. The van der Waals surface area contributed by atoms with Crippen LogP contribution in [0.5, 0.6) is 5.75 Å². The Kier molecular flexibility index (Phi) is 8.31. The molecule has 6 heteroatoms. The summed E-state index contributed by atoms with van der Waals surface area (Å²) >= 11 is 0. The molecular weight excluding hydrogens is 422 g/mol. The number of aromatic nitrogens is 1. The minimum Gasteiger partial charge on any atom is -0.489 e. The fourth-order valence-electron chi connectivity index (χ4n) is 3.62. The van der Waals surface area contributed by atoms with Gasteiger partial charge in [-0.3, -0.25) is 4.79 Å². The van der Waals surface area contributed by atoms with Gasteiger partial charge in [-0.2, -0.15) is 0 Å². The van der Waals surface area contributed by atoms with Crippen LogP contribution < -0.4 is 15.8 Å². The highest BCUT2D eigenvalue weighted by molar-refractivity contribution is 5.86. The molecule has 5 nitrogen and oxygen atoms in total. The Morgan fingerprint density at radius 1 is 0.969 bits per heavy atom. The number of carbonyl (C=O) groups is 1. The van der Waals surface area contributed by atoms with Gasteiger partial charge in [-0.05, 0) is 47.7 Å². The Labute approximate surface area is 194 Å². The normalized spacial score (nSPS) is 11.5. The number of para-hydroxylation sites is 1. The van der Waals surface area contributed by atoms with Gasteiger partial charge in [-0.25, -0.2) is 0 Å². The zero-order valence-corrected chi connectivity index (χ0v) is 18.6. The van der Waals surface area contributed by atoms with Crippen molar-refractivity contribution < 1.29 is 9.53 Å². The van der Waals surface area contributed by atoms with E-state index in [-0.39, 0.29) is 18.3 Å². The molecule has 4 N–H and O–H groups in total. The van der Waals surface area contributed by atoms with Crippen LogP contribution >= 0.6 is 12.4 Å². The number of amides is 1. The van der Waals surface area contributed by atoms with Crippen LogP contribution in [0.15, 0.2) is 85.1 Å². The van der Waals surface area contributed by atoms with Gasteiger partial charge in [0.1, 0.15) is 12.4 Å². The largest absolute Gasteiger partial charge is 0.489 e. The predicted octanol–water partition coefficient (Wildman–Crippen LogP) is 4.40. The second-order valence-corrected chi connectivity index (χ2v) is 7.63. The lowest BCUT2D eigenvalue weighted by Gasteiger charge is -2.12. The number of aromatic amines is 1. The topological polar surface area (TPSA) is 80.1 Å². The van der Waals surface area contributed by atoms with Crippen molar-refractivity contribution in [2.75, 3.05) is 6.54 Å². The van der Waals surface area contributed by atoms with Gasteiger partial charge >= 0.3 is 0 Å². The summed E-state index contributed by atoms with van der Waals surface area (Å²) in [6.07, 6.45) is 3.14. The number of rotatable bonds is 9. The maximum absolute atomic E-state index is 12.5. The summed E-state index contributed by atoms with van der Waals surface area (Å²) < 4.78 is 5.88. The van der Waals surface area contributed by atoms with Crippen LogP contribution in [0.3, 0.4) is 0 Å². The van der Waals surface area contributed by atoms with Crippen LogP contribution in [0.2, 0.25) is 0 Å². The lowest BCUT2D eigenvalue weighted by Crippen LogP contribution is -2.42. The molecule has 4 rings (SSSR count). The Morgan fingerprint density at radius 3 is 2.56 bits per heavy atom. The number of hydrogen-bond donors (Lipinski definition) is 3. The van der Waals surface area contributed by atoms with E-state index in [0.717, 1.165) is 33.3 Å². The van der Waals surface area contributed by atoms with E-state index in [1.165, 1.54) is 0 Å². The molecule has 4 aromatic rings. The van der Waals surface area contributed by atoms with E-state index in [1.54, 1.807) is 0 Å². The number of hydrogen-bond acceptors (Lipinski definition) is 3. The number of carbonyl (C=O) groups excluding carboxylic acids is 1. The minimum atomic E-state index is -0.584. The van der Waals surface area contributed by atoms with Gasteiger partial charge < -0.3 is 20.8 Å². The highest BCUT2D eigenvalue weighted by Crippen LogP contribution is 2.19. The number of H-pyrrole nitrogens is 1. The van der Waals surface area contributed by atoms with Crippen molar-refractivity contribution in [2.45, 2.75) is 25.5 Å². The first-order valence-corrected chi connectivity index (χ1v) is 10.5. The molecule has 3 aromatic carbocycles. The number of fused-ring (bicyclic) bond motifs is 1. The lowest BCUT2D eigenvalue weighted by atomic mass is 10.0. The first kappa shape index (κ1) is 23.4. The second kappa shape index (κ2) is 11.4. The Morgan fingerprint density at radius 2 is 1.72 bits per heavy atom. The van der Waals surface area contributed by atoms with Crippen LogP contribution in [-0.4, -0.2) is 23.5 Å².